The summed E-state index contributed by atoms with van der Waals surface area (Å²) in [5.74, 6) is 0.413. The van der Waals surface area contributed by atoms with Gasteiger partial charge in [-0.2, -0.15) is 0 Å². The van der Waals surface area contributed by atoms with Crippen LogP contribution in [0.4, 0.5) is 5.69 Å². The lowest BCUT2D eigenvalue weighted by molar-refractivity contribution is -0.120. The zero-order valence-corrected chi connectivity index (χ0v) is 10.6. The molecule has 0 bridgehead atoms. The fourth-order valence-electron chi connectivity index (χ4n) is 3.02. The number of carbonyl (C=O) groups is 1. The Morgan fingerprint density at radius 2 is 1.60 bits per heavy atom. The number of benzene rings is 3. The molecule has 1 aliphatic rings. The van der Waals surface area contributed by atoms with E-state index < -0.39 is 0 Å². The maximum absolute atomic E-state index is 10.6. The molecule has 2 N–H and O–H groups in total. The molecular formula is C17H11NO2. The fraction of sp³-hybridized carbons (Fsp3) is 0. The molecule has 0 saturated carbocycles. The summed E-state index contributed by atoms with van der Waals surface area (Å²) in [5.41, 5.74) is 11.2. The predicted octanol–water partition coefficient (Wildman–Crippen LogP) is 3.60. The van der Waals surface area contributed by atoms with Crippen LogP contribution in [0.1, 0.15) is 0 Å². The van der Waals surface area contributed by atoms with E-state index >= 15 is 0 Å². The number of nitrogens with two attached hydrogens (primary N) is 1. The molecule has 1 aliphatic carbocycles. The Balaban J connectivity index is 2.19. The molecule has 0 spiro atoms. The summed E-state index contributed by atoms with van der Waals surface area (Å²) in [5, 5.41) is 2.05. The molecule has 3 aromatic rings. The minimum absolute atomic E-state index is 0.412. The van der Waals surface area contributed by atoms with Crippen molar-refractivity contribution in [2.45, 2.75) is 0 Å². The Bertz CT molecular complexity index is 868. The van der Waals surface area contributed by atoms with Crippen molar-refractivity contribution < 1.29 is 9.53 Å². The van der Waals surface area contributed by atoms with Crippen molar-refractivity contribution in [1.82, 2.24) is 0 Å². The van der Waals surface area contributed by atoms with Gasteiger partial charge >= 0.3 is 0 Å². The topological polar surface area (TPSA) is 52.3 Å². The number of anilines is 1. The highest BCUT2D eigenvalue weighted by Crippen LogP contribution is 2.50. The molecule has 0 aromatic heterocycles. The summed E-state index contributed by atoms with van der Waals surface area (Å²) in [7, 11) is 0. The SMILES string of the molecule is Nc1c(OC=O)cc2c3c(cccc13)-c1ccccc1-2. The van der Waals surface area contributed by atoms with Gasteiger partial charge in [-0.1, -0.05) is 42.5 Å². The van der Waals surface area contributed by atoms with Crippen LogP contribution >= 0.6 is 0 Å². The molecule has 0 saturated heterocycles. The van der Waals surface area contributed by atoms with E-state index in [9.17, 15) is 4.79 Å². The van der Waals surface area contributed by atoms with Crippen molar-refractivity contribution in [3.05, 3.63) is 48.5 Å². The summed E-state index contributed by atoms with van der Waals surface area (Å²) in [6.45, 7) is 0.412. The number of hydrogen-bond donors (Lipinski definition) is 1. The van der Waals surface area contributed by atoms with Crippen molar-refractivity contribution in [2.75, 3.05) is 5.73 Å². The lowest BCUT2D eigenvalue weighted by Crippen LogP contribution is -1.96. The second-order valence-corrected chi connectivity index (χ2v) is 4.82. The molecular weight excluding hydrogens is 250 g/mol. The highest BCUT2D eigenvalue weighted by Gasteiger charge is 2.23. The lowest BCUT2D eigenvalue weighted by atomic mass is 10.0. The summed E-state index contributed by atoms with van der Waals surface area (Å²) in [6, 6.07) is 16.1. The average molecular weight is 261 g/mol. The third-order valence-electron chi connectivity index (χ3n) is 3.85. The Labute approximate surface area is 115 Å². The second kappa shape index (κ2) is 3.84. The van der Waals surface area contributed by atoms with Crippen LogP contribution in [-0.4, -0.2) is 6.47 Å². The van der Waals surface area contributed by atoms with Crippen molar-refractivity contribution in [1.29, 1.82) is 0 Å². The van der Waals surface area contributed by atoms with Gasteiger partial charge in [-0.25, -0.2) is 0 Å². The number of fused-ring (bicyclic) bond motifs is 3. The second-order valence-electron chi connectivity index (χ2n) is 4.82. The van der Waals surface area contributed by atoms with Crippen LogP contribution in [0.25, 0.3) is 33.0 Å². The van der Waals surface area contributed by atoms with E-state index in [0.717, 1.165) is 21.9 Å². The third-order valence-corrected chi connectivity index (χ3v) is 3.85. The average Bonchev–Trinajstić information content (AvgIpc) is 2.80. The fourth-order valence-corrected chi connectivity index (χ4v) is 3.02. The normalized spacial score (nSPS) is 11.4. The largest absolute Gasteiger partial charge is 0.426 e. The molecule has 4 rings (SSSR count). The van der Waals surface area contributed by atoms with Gasteiger partial charge < -0.3 is 10.5 Å². The summed E-state index contributed by atoms with van der Waals surface area (Å²) in [4.78, 5) is 10.6. The summed E-state index contributed by atoms with van der Waals surface area (Å²) >= 11 is 0. The molecule has 0 amide bonds. The lowest BCUT2D eigenvalue weighted by Gasteiger charge is -2.09. The molecule has 96 valence electrons. The van der Waals surface area contributed by atoms with Crippen LogP contribution < -0.4 is 10.5 Å². The Kier molecular flexibility index (Phi) is 2.12. The number of rotatable bonds is 2. The first-order valence-corrected chi connectivity index (χ1v) is 6.36. The van der Waals surface area contributed by atoms with Crippen molar-refractivity contribution in [2.24, 2.45) is 0 Å². The standard InChI is InChI=1S/C17H11NO2/c18-17-13-7-3-6-12-10-4-1-2-5-11(10)14(16(12)13)8-15(17)20-9-19/h1-9H,18H2. The highest BCUT2D eigenvalue weighted by molar-refractivity contribution is 6.19. The Hall–Kier alpha value is -2.81. The number of nitrogen functional groups attached to an aromatic ring is 1. The molecule has 0 unspecified atom stereocenters. The van der Waals surface area contributed by atoms with Gasteiger partial charge in [-0.3, -0.25) is 4.79 Å². The number of carbonyl (C=O) groups excluding carboxylic acids is 1. The maximum atomic E-state index is 10.6. The Morgan fingerprint density at radius 3 is 2.35 bits per heavy atom. The van der Waals surface area contributed by atoms with Crippen LogP contribution in [-0.2, 0) is 4.79 Å². The molecule has 3 nitrogen and oxygen atoms in total. The Morgan fingerprint density at radius 1 is 0.900 bits per heavy atom. The van der Waals surface area contributed by atoms with Gasteiger partial charge in [0.2, 0.25) is 0 Å². The van der Waals surface area contributed by atoms with Crippen molar-refractivity contribution in [3.63, 3.8) is 0 Å². The van der Waals surface area contributed by atoms with E-state index in [-0.39, 0.29) is 0 Å². The van der Waals surface area contributed by atoms with Crippen molar-refractivity contribution >= 4 is 22.9 Å². The number of hydrogen-bond acceptors (Lipinski definition) is 3. The quantitative estimate of drug-likeness (QED) is 0.443. The molecule has 20 heavy (non-hydrogen) atoms. The minimum Gasteiger partial charge on any atom is -0.426 e. The molecule has 0 radical (unpaired) electrons. The van der Waals surface area contributed by atoms with Crippen LogP contribution in [0.15, 0.2) is 48.5 Å². The van der Waals surface area contributed by atoms with E-state index in [2.05, 4.69) is 18.2 Å². The first-order valence-electron chi connectivity index (χ1n) is 6.36. The van der Waals surface area contributed by atoms with E-state index in [1.807, 2.05) is 30.3 Å². The molecule has 0 heterocycles. The van der Waals surface area contributed by atoms with E-state index in [0.29, 0.717) is 17.9 Å². The smallest absolute Gasteiger partial charge is 0.298 e. The van der Waals surface area contributed by atoms with E-state index in [1.165, 1.54) is 11.1 Å². The highest BCUT2D eigenvalue weighted by atomic mass is 16.5. The molecule has 3 heteroatoms. The van der Waals surface area contributed by atoms with Crippen molar-refractivity contribution in [3.8, 4) is 28.0 Å². The zero-order valence-electron chi connectivity index (χ0n) is 10.6. The van der Waals surface area contributed by atoms with Crippen LogP contribution in [0.3, 0.4) is 0 Å². The summed E-state index contributed by atoms with van der Waals surface area (Å²) in [6.07, 6.45) is 0. The first-order chi connectivity index (χ1) is 9.81. The van der Waals surface area contributed by atoms with Crippen LogP contribution in [0.2, 0.25) is 0 Å². The van der Waals surface area contributed by atoms with Gasteiger partial charge in [0, 0.05) is 5.39 Å². The summed E-state index contributed by atoms with van der Waals surface area (Å²) < 4.78 is 5.02. The van der Waals surface area contributed by atoms with Crippen LogP contribution in [0, 0.1) is 0 Å². The van der Waals surface area contributed by atoms with Gasteiger partial charge in [-0.05, 0) is 33.7 Å². The van der Waals surface area contributed by atoms with Gasteiger partial charge in [0.05, 0.1) is 5.69 Å². The predicted molar refractivity (Wildman–Crippen MR) is 79.5 cm³/mol. The van der Waals surface area contributed by atoms with E-state index in [4.69, 9.17) is 10.5 Å². The van der Waals surface area contributed by atoms with Gasteiger partial charge in [-0.15, -0.1) is 0 Å². The third kappa shape index (κ3) is 1.26. The van der Waals surface area contributed by atoms with Crippen LogP contribution in [0.5, 0.6) is 5.75 Å². The zero-order chi connectivity index (χ0) is 13.7. The maximum Gasteiger partial charge on any atom is 0.298 e. The number of ether oxygens (including phenoxy) is 1. The van der Waals surface area contributed by atoms with Gasteiger partial charge in [0.1, 0.15) is 0 Å². The van der Waals surface area contributed by atoms with E-state index in [1.54, 1.807) is 0 Å². The molecule has 0 fully saturated rings. The molecule has 0 atom stereocenters. The van der Waals surface area contributed by atoms with Gasteiger partial charge in [0.25, 0.3) is 6.47 Å². The minimum atomic E-state index is 0.412. The van der Waals surface area contributed by atoms with Gasteiger partial charge in [0.15, 0.2) is 5.75 Å². The monoisotopic (exact) mass is 261 g/mol. The first kappa shape index (κ1) is 11.1. The molecule has 0 aliphatic heterocycles. The molecule has 3 aromatic carbocycles.